The van der Waals surface area contributed by atoms with Gasteiger partial charge < -0.3 is 10.4 Å². The van der Waals surface area contributed by atoms with E-state index in [0.29, 0.717) is 6.54 Å². The largest absolute Gasteiger partial charge is 0.480 e. The second-order valence-corrected chi connectivity index (χ2v) is 4.78. The Labute approximate surface area is 113 Å². The Hall–Kier alpha value is -2.08. The first-order valence-electron chi connectivity index (χ1n) is 5.67. The molecule has 2 rings (SSSR count). The number of hydrogen-bond acceptors (Lipinski definition) is 4. The van der Waals surface area contributed by atoms with Crippen molar-refractivity contribution in [3.05, 3.63) is 45.7 Å². The van der Waals surface area contributed by atoms with E-state index in [4.69, 9.17) is 5.53 Å². The van der Waals surface area contributed by atoms with E-state index in [2.05, 4.69) is 15.3 Å². The molecular weight excluding hydrogens is 264 g/mol. The van der Waals surface area contributed by atoms with Crippen molar-refractivity contribution in [2.24, 2.45) is 5.11 Å². The van der Waals surface area contributed by atoms with Crippen molar-refractivity contribution in [3.8, 4) is 0 Å². The van der Waals surface area contributed by atoms with E-state index in [1.54, 1.807) is 0 Å². The lowest BCUT2D eigenvalue weighted by Gasteiger charge is -2.13. The molecule has 0 aliphatic carbocycles. The fourth-order valence-corrected chi connectivity index (χ4v) is 2.84. The number of carboxylic acid groups (broad SMARTS) is 1. The van der Waals surface area contributed by atoms with E-state index in [-0.39, 0.29) is 6.54 Å². The van der Waals surface area contributed by atoms with Crippen molar-refractivity contribution < 1.29 is 9.90 Å². The number of benzene rings is 1. The zero-order chi connectivity index (χ0) is 13.7. The smallest absolute Gasteiger partial charge is 0.325 e. The fraction of sp³-hybridized carbons (Fsp3) is 0.250. The van der Waals surface area contributed by atoms with Gasteiger partial charge in [-0.05, 0) is 27.9 Å². The highest BCUT2D eigenvalue weighted by molar-refractivity contribution is 7.17. The van der Waals surface area contributed by atoms with Crippen LogP contribution in [0.15, 0.2) is 34.8 Å². The molecule has 19 heavy (non-hydrogen) atoms. The summed E-state index contributed by atoms with van der Waals surface area (Å²) < 4.78 is 1.06. The first-order valence-corrected chi connectivity index (χ1v) is 6.55. The molecule has 1 heterocycles. The molecule has 98 valence electrons. The quantitative estimate of drug-likeness (QED) is 0.367. The third kappa shape index (κ3) is 3.03. The summed E-state index contributed by atoms with van der Waals surface area (Å²) in [7, 11) is 0. The number of azide groups is 1. The summed E-state index contributed by atoms with van der Waals surface area (Å²) in [6.07, 6.45) is 0. The second kappa shape index (κ2) is 6.19. The van der Waals surface area contributed by atoms with Gasteiger partial charge in [-0.15, -0.1) is 11.3 Å². The molecule has 1 unspecified atom stereocenters. The first-order chi connectivity index (χ1) is 9.24. The molecule has 0 bridgehead atoms. The molecule has 1 aromatic heterocycles. The van der Waals surface area contributed by atoms with Gasteiger partial charge in [-0.3, -0.25) is 4.79 Å². The summed E-state index contributed by atoms with van der Waals surface area (Å²) in [5, 5.41) is 18.4. The van der Waals surface area contributed by atoms with Crippen LogP contribution in [0.5, 0.6) is 0 Å². The summed E-state index contributed by atoms with van der Waals surface area (Å²) in [5.41, 5.74) is 8.93. The average Bonchev–Trinajstić information content (AvgIpc) is 2.82. The fourth-order valence-electron chi connectivity index (χ4n) is 1.86. The highest BCUT2D eigenvalue weighted by Crippen LogP contribution is 2.30. The van der Waals surface area contributed by atoms with Crippen molar-refractivity contribution in [3.63, 3.8) is 0 Å². The Morgan fingerprint density at radius 1 is 1.53 bits per heavy atom. The summed E-state index contributed by atoms with van der Waals surface area (Å²) in [5.74, 6) is -0.940. The molecule has 2 N–H and O–H groups in total. The third-order valence-corrected chi connectivity index (χ3v) is 3.67. The molecule has 0 amide bonds. The van der Waals surface area contributed by atoms with Crippen LogP contribution in [0.1, 0.15) is 11.6 Å². The number of nitrogens with zero attached hydrogens (tertiary/aromatic N) is 3. The standard InChI is InChI=1S/C12H12N4O2S/c13-16-15-6-5-14-11(12(17)18)9-7-19-10-4-2-1-3-8(9)10/h1-4,7,11,14H,5-6H2,(H,17,18). The third-order valence-electron chi connectivity index (χ3n) is 2.69. The average molecular weight is 276 g/mol. The lowest BCUT2D eigenvalue weighted by atomic mass is 10.1. The number of rotatable bonds is 6. The molecule has 0 aliphatic heterocycles. The van der Waals surface area contributed by atoms with Gasteiger partial charge in [-0.1, -0.05) is 23.3 Å². The number of aliphatic carboxylic acids is 1. The van der Waals surface area contributed by atoms with E-state index in [9.17, 15) is 9.90 Å². The predicted octanol–water partition coefficient (Wildman–Crippen LogP) is 2.93. The molecule has 0 aliphatic rings. The van der Waals surface area contributed by atoms with Gasteiger partial charge in [0.2, 0.25) is 0 Å². The van der Waals surface area contributed by atoms with Crippen LogP contribution in [0.2, 0.25) is 0 Å². The minimum absolute atomic E-state index is 0.225. The number of carbonyl (C=O) groups is 1. The Kier molecular flexibility index (Phi) is 4.35. The SMILES string of the molecule is [N-]=[N+]=NCCNC(C(=O)O)c1csc2ccccc12. The van der Waals surface area contributed by atoms with E-state index in [1.807, 2.05) is 29.6 Å². The van der Waals surface area contributed by atoms with Gasteiger partial charge in [0.25, 0.3) is 0 Å². The molecule has 7 heteroatoms. The maximum Gasteiger partial charge on any atom is 0.325 e. The van der Waals surface area contributed by atoms with Crippen LogP contribution in [0.25, 0.3) is 20.5 Å². The molecule has 0 radical (unpaired) electrons. The van der Waals surface area contributed by atoms with Crippen molar-refractivity contribution in [1.29, 1.82) is 0 Å². The van der Waals surface area contributed by atoms with Gasteiger partial charge in [0, 0.05) is 22.7 Å². The minimum atomic E-state index is -0.940. The monoisotopic (exact) mass is 276 g/mol. The highest BCUT2D eigenvalue weighted by atomic mass is 32.1. The lowest BCUT2D eigenvalue weighted by molar-refractivity contribution is -0.139. The Morgan fingerprint density at radius 3 is 3.05 bits per heavy atom. The predicted molar refractivity (Wildman–Crippen MR) is 74.2 cm³/mol. The van der Waals surface area contributed by atoms with Gasteiger partial charge in [0.05, 0.1) is 0 Å². The van der Waals surface area contributed by atoms with E-state index >= 15 is 0 Å². The molecule has 1 aromatic carbocycles. The molecule has 0 spiro atoms. The normalized spacial score (nSPS) is 12.0. The van der Waals surface area contributed by atoms with E-state index < -0.39 is 12.0 Å². The van der Waals surface area contributed by atoms with Crippen LogP contribution in [0, 0.1) is 0 Å². The number of nitrogens with one attached hydrogen (secondary N) is 1. The number of hydrogen-bond donors (Lipinski definition) is 2. The van der Waals surface area contributed by atoms with Crippen LogP contribution >= 0.6 is 11.3 Å². The van der Waals surface area contributed by atoms with Crippen molar-refractivity contribution in [2.75, 3.05) is 13.1 Å². The number of thiophene rings is 1. The maximum absolute atomic E-state index is 11.3. The molecule has 0 saturated carbocycles. The molecule has 1 atom stereocenters. The zero-order valence-corrected chi connectivity index (χ0v) is 10.8. The van der Waals surface area contributed by atoms with Gasteiger partial charge in [-0.2, -0.15) is 0 Å². The summed E-state index contributed by atoms with van der Waals surface area (Å²) in [6.45, 7) is 0.549. The molecule has 0 fully saturated rings. The Morgan fingerprint density at radius 2 is 2.32 bits per heavy atom. The lowest BCUT2D eigenvalue weighted by Crippen LogP contribution is -2.30. The van der Waals surface area contributed by atoms with E-state index in [0.717, 1.165) is 15.6 Å². The van der Waals surface area contributed by atoms with Gasteiger partial charge >= 0.3 is 5.97 Å². The highest BCUT2D eigenvalue weighted by Gasteiger charge is 2.21. The second-order valence-electron chi connectivity index (χ2n) is 3.87. The summed E-state index contributed by atoms with van der Waals surface area (Å²) >= 11 is 1.52. The zero-order valence-electron chi connectivity index (χ0n) is 9.98. The Balaban J connectivity index is 2.23. The van der Waals surface area contributed by atoms with Gasteiger partial charge in [-0.25, -0.2) is 0 Å². The van der Waals surface area contributed by atoms with Gasteiger partial charge in [0.15, 0.2) is 0 Å². The van der Waals surface area contributed by atoms with Crippen LogP contribution in [0.4, 0.5) is 0 Å². The molecule has 6 nitrogen and oxygen atoms in total. The minimum Gasteiger partial charge on any atom is -0.480 e. The summed E-state index contributed by atoms with van der Waals surface area (Å²) in [4.78, 5) is 14.0. The van der Waals surface area contributed by atoms with E-state index in [1.165, 1.54) is 11.3 Å². The molecular formula is C12H12N4O2S. The van der Waals surface area contributed by atoms with Crippen LogP contribution in [-0.2, 0) is 4.79 Å². The van der Waals surface area contributed by atoms with Crippen molar-refractivity contribution in [2.45, 2.75) is 6.04 Å². The topological polar surface area (TPSA) is 98.1 Å². The first kappa shape index (κ1) is 13.4. The van der Waals surface area contributed by atoms with Gasteiger partial charge in [0.1, 0.15) is 6.04 Å². The molecule has 0 saturated heterocycles. The Bertz CT molecular complexity index is 633. The maximum atomic E-state index is 11.3. The van der Waals surface area contributed by atoms with Crippen LogP contribution in [-0.4, -0.2) is 24.2 Å². The number of carboxylic acids is 1. The van der Waals surface area contributed by atoms with Crippen molar-refractivity contribution in [1.82, 2.24) is 5.32 Å². The molecule has 2 aromatic rings. The number of fused-ring (bicyclic) bond motifs is 1. The summed E-state index contributed by atoms with van der Waals surface area (Å²) in [6, 6.07) is 6.89. The van der Waals surface area contributed by atoms with Crippen LogP contribution in [0.3, 0.4) is 0 Å². The van der Waals surface area contributed by atoms with Crippen molar-refractivity contribution >= 4 is 27.4 Å². The van der Waals surface area contributed by atoms with Crippen LogP contribution < -0.4 is 5.32 Å².